The summed E-state index contributed by atoms with van der Waals surface area (Å²) in [5.41, 5.74) is 1.13. The number of hydrogen-bond acceptors (Lipinski definition) is 3. The van der Waals surface area contributed by atoms with Crippen molar-refractivity contribution in [1.82, 2.24) is 5.32 Å². The van der Waals surface area contributed by atoms with Crippen molar-refractivity contribution >= 4 is 5.78 Å². The van der Waals surface area contributed by atoms with Gasteiger partial charge in [0.25, 0.3) is 0 Å². The number of ketones is 1. The molecule has 0 aromatic heterocycles. The van der Waals surface area contributed by atoms with E-state index in [9.17, 15) is 4.79 Å². The molecule has 0 aromatic carbocycles. The van der Waals surface area contributed by atoms with Crippen LogP contribution < -0.4 is 5.32 Å². The number of rotatable bonds is 5. The molecule has 0 spiro atoms. The monoisotopic (exact) mass is 197 g/mol. The van der Waals surface area contributed by atoms with Gasteiger partial charge in [-0.2, -0.15) is 0 Å². The van der Waals surface area contributed by atoms with E-state index in [1.165, 1.54) is 0 Å². The molecule has 0 saturated carbocycles. The molecule has 0 aromatic rings. The number of aliphatic hydroxyl groups excluding tert-OH is 1. The lowest BCUT2D eigenvalue weighted by atomic mass is 9.89. The minimum absolute atomic E-state index is 0.0846. The highest BCUT2D eigenvalue weighted by Crippen LogP contribution is 2.20. The van der Waals surface area contributed by atoms with E-state index in [4.69, 9.17) is 5.11 Å². The van der Waals surface area contributed by atoms with Crippen LogP contribution in [0.2, 0.25) is 0 Å². The molecule has 0 fully saturated rings. The number of nitrogens with one attached hydrogen (secondary N) is 1. The quantitative estimate of drug-likeness (QED) is 0.697. The van der Waals surface area contributed by atoms with Crippen LogP contribution in [-0.4, -0.2) is 24.0 Å². The maximum Gasteiger partial charge on any atom is 0.157 e. The molecule has 14 heavy (non-hydrogen) atoms. The highest BCUT2D eigenvalue weighted by atomic mass is 16.3. The summed E-state index contributed by atoms with van der Waals surface area (Å²) >= 11 is 0. The Kier molecular flexibility index (Phi) is 3.69. The molecule has 0 heterocycles. The van der Waals surface area contributed by atoms with E-state index in [1.807, 2.05) is 0 Å². The lowest BCUT2D eigenvalue weighted by Gasteiger charge is -2.24. The molecule has 1 rings (SSSR count). The lowest BCUT2D eigenvalue weighted by molar-refractivity contribution is -0.114. The summed E-state index contributed by atoms with van der Waals surface area (Å²) < 4.78 is 0. The Morgan fingerprint density at radius 3 is 2.71 bits per heavy atom. The first-order chi connectivity index (χ1) is 6.53. The molecule has 2 N–H and O–H groups in total. The zero-order valence-electron chi connectivity index (χ0n) is 8.97. The first kappa shape index (κ1) is 11.2. The molecule has 0 amide bonds. The van der Waals surface area contributed by atoms with Crippen LogP contribution in [0.15, 0.2) is 11.8 Å². The number of allylic oxidation sites excluding steroid dienone is 2. The number of aliphatic hydroxyl groups is 1. The molecule has 0 radical (unpaired) electrons. The highest BCUT2D eigenvalue weighted by molar-refractivity contribution is 5.92. The van der Waals surface area contributed by atoms with Crippen molar-refractivity contribution < 1.29 is 9.90 Å². The maximum absolute atomic E-state index is 10.9. The molecule has 1 aliphatic carbocycles. The third-order valence-electron chi connectivity index (χ3n) is 2.56. The van der Waals surface area contributed by atoms with E-state index >= 15 is 0 Å². The van der Waals surface area contributed by atoms with Gasteiger partial charge in [0.15, 0.2) is 5.78 Å². The number of carbonyl (C=O) groups is 1. The largest absolute Gasteiger partial charge is 0.396 e. The van der Waals surface area contributed by atoms with Gasteiger partial charge in [-0.15, -0.1) is 0 Å². The summed E-state index contributed by atoms with van der Waals surface area (Å²) in [6.45, 7) is 5.24. The zero-order chi connectivity index (χ0) is 10.6. The van der Waals surface area contributed by atoms with Crippen LogP contribution in [0.25, 0.3) is 0 Å². The fraction of sp³-hybridized carbons (Fsp3) is 0.727. The second-order valence-corrected chi connectivity index (χ2v) is 4.63. The van der Waals surface area contributed by atoms with Crippen LogP contribution in [0.3, 0.4) is 0 Å². The van der Waals surface area contributed by atoms with Gasteiger partial charge < -0.3 is 10.4 Å². The first-order valence-corrected chi connectivity index (χ1v) is 5.12. The van der Waals surface area contributed by atoms with Crippen LogP contribution in [0.1, 0.15) is 33.1 Å². The predicted molar refractivity (Wildman–Crippen MR) is 55.8 cm³/mol. The SMILES string of the molecule is CC(C)(CCO)CNC1=CC(=O)CC1. The standard InChI is InChI=1S/C11H19NO2/c1-11(2,5-6-13)8-12-9-3-4-10(14)7-9/h7,12-13H,3-6,8H2,1-2H3. The second-order valence-electron chi connectivity index (χ2n) is 4.63. The van der Waals surface area contributed by atoms with E-state index in [0.717, 1.165) is 25.1 Å². The topological polar surface area (TPSA) is 49.3 Å². The van der Waals surface area contributed by atoms with Crippen LogP contribution in [0.4, 0.5) is 0 Å². The summed E-state index contributed by atoms with van der Waals surface area (Å²) in [5.74, 6) is 0.215. The Balaban J connectivity index is 2.33. The van der Waals surface area contributed by atoms with Gasteiger partial charge >= 0.3 is 0 Å². The smallest absolute Gasteiger partial charge is 0.157 e. The minimum atomic E-state index is 0.0846. The van der Waals surface area contributed by atoms with E-state index in [1.54, 1.807) is 6.08 Å². The summed E-state index contributed by atoms with van der Waals surface area (Å²) in [4.78, 5) is 10.9. The van der Waals surface area contributed by atoms with Gasteiger partial charge in [-0.25, -0.2) is 0 Å². The van der Waals surface area contributed by atoms with Crippen molar-refractivity contribution in [1.29, 1.82) is 0 Å². The average molecular weight is 197 g/mol. The molecule has 0 atom stereocenters. The summed E-state index contributed by atoms with van der Waals surface area (Å²) in [5, 5.41) is 12.1. The van der Waals surface area contributed by atoms with Gasteiger partial charge in [-0.3, -0.25) is 4.79 Å². The normalized spacial score (nSPS) is 17.1. The van der Waals surface area contributed by atoms with Gasteiger partial charge in [0.1, 0.15) is 0 Å². The van der Waals surface area contributed by atoms with E-state index in [2.05, 4.69) is 19.2 Å². The van der Waals surface area contributed by atoms with Gasteiger partial charge in [0.05, 0.1) is 0 Å². The van der Waals surface area contributed by atoms with Crippen molar-refractivity contribution in [3.8, 4) is 0 Å². The Hall–Kier alpha value is -0.830. The minimum Gasteiger partial charge on any atom is -0.396 e. The van der Waals surface area contributed by atoms with Crippen molar-refractivity contribution in [3.63, 3.8) is 0 Å². The summed E-state index contributed by atoms with van der Waals surface area (Å²) in [6.07, 6.45) is 3.95. The maximum atomic E-state index is 10.9. The average Bonchev–Trinajstić information content (AvgIpc) is 2.48. The zero-order valence-corrected chi connectivity index (χ0v) is 8.97. The first-order valence-electron chi connectivity index (χ1n) is 5.12. The van der Waals surface area contributed by atoms with Crippen LogP contribution >= 0.6 is 0 Å². The van der Waals surface area contributed by atoms with Crippen molar-refractivity contribution in [3.05, 3.63) is 11.8 Å². The molecule has 1 aliphatic rings. The predicted octanol–water partition coefficient (Wildman–Crippen LogP) is 1.23. The molecule has 3 heteroatoms. The fourth-order valence-corrected chi connectivity index (χ4v) is 1.48. The molecular weight excluding hydrogens is 178 g/mol. The summed E-state index contributed by atoms with van der Waals surface area (Å²) in [6, 6.07) is 0. The van der Waals surface area contributed by atoms with E-state index in [0.29, 0.717) is 6.42 Å². The number of carbonyl (C=O) groups excluding carboxylic acids is 1. The fourth-order valence-electron chi connectivity index (χ4n) is 1.48. The van der Waals surface area contributed by atoms with Crippen molar-refractivity contribution in [2.24, 2.45) is 5.41 Å². The molecule has 80 valence electrons. The van der Waals surface area contributed by atoms with Crippen LogP contribution in [-0.2, 0) is 4.79 Å². The van der Waals surface area contributed by atoms with Crippen molar-refractivity contribution in [2.45, 2.75) is 33.1 Å². The molecule has 3 nitrogen and oxygen atoms in total. The second kappa shape index (κ2) is 4.60. The lowest BCUT2D eigenvalue weighted by Crippen LogP contribution is -2.29. The Morgan fingerprint density at radius 2 is 2.21 bits per heavy atom. The molecule has 0 saturated heterocycles. The van der Waals surface area contributed by atoms with Gasteiger partial charge in [-0.1, -0.05) is 13.8 Å². The van der Waals surface area contributed by atoms with Gasteiger partial charge in [-0.05, 0) is 18.3 Å². The third-order valence-corrected chi connectivity index (χ3v) is 2.56. The molecular formula is C11H19NO2. The van der Waals surface area contributed by atoms with Gasteiger partial charge in [0.2, 0.25) is 0 Å². The molecule has 0 unspecified atom stereocenters. The summed E-state index contributed by atoms with van der Waals surface area (Å²) in [7, 11) is 0. The highest BCUT2D eigenvalue weighted by Gasteiger charge is 2.18. The molecule has 0 aliphatic heterocycles. The van der Waals surface area contributed by atoms with Gasteiger partial charge in [0, 0.05) is 31.3 Å². The van der Waals surface area contributed by atoms with Crippen LogP contribution in [0.5, 0.6) is 0 Å². The van der Waals surface area contributed by atoms with E-state index < -0.39 is 0 Å². The Morgan fingerprint density at radius 1 is 1.50 bits per heavy atom. The van der Waals surface area contributed by atoms with E-state index in [-0.39, 0.29) is 17.8 Å². The van der Waals surface area contributed by atoms with Crippen molar-refractivity contribution in [2.75, 3.05) is 13.2 Å². The molecule has 0 bridgehead atoms. The van der Waals surface area contributed by atoms with Crippen LogP contribution in [0, 0.1) is 5.41 Å². The Bertz CT molecular complexity index is 244. The number of hydrogen-bond donors (Lipinski definition) is 2. The third kappa shape index (κ3) is 3.50. The Labute approximate surface area is 85.2 Å².